The van der Waals surface area contributed by atoms with Crippen LogP contribution in [-0.2, 0) is 14.8 Å². The number of aromatic nitrogens is 2. The molecule has 0 amide bonds. The quantitative estimate of drug-likeness (QED) is 0.487. The monoisotopic (exact) mass is 493 g/mol. The zero-order chi connectivity index (χ0) is 23.9. The van der Waals surface area contributed by atoms with Gasteiger partial charge in [0.2, 0.25) is 21.9 Å². The smallest absolute Gasteiger partial charge is 0.230 e. The van der Waals surface area contributed by atoms with E-state index in [1.165, 1.54) is 0 Å². The van der Waals surface area contributed by atoms with Crippen molar-refractivity contribution in [2.45, 2.75) is 76.3 Å². The van der Waals surface area contributed by atoms with Crippen LogP contribution in [0.4, 0.5) is 11.8 Å². The van der Waals surface area contributed by atoms with E-state index in [9.17, 15) is 8.42 Å². The van der Waals surface area contributed by atoms with Crippen LogP contribution in [0.3, 0.4) is 0 Å². The number of allylic oxidation sites excluding steroid dienone is 1. The van der Waals surface area contributed by atoms with E-state index in [0.717, 1.165) is 37.8 Å². The van der Waals surface area contributed by atoms with Crippen molar-refractivity contribution in [1.82, 2.24) is 25.1 Å². The maximum absolute atomic E-state index is 12.8. The highest BCUT2D eigenvalue weighted by molar-refractivity contribution is 7.89. The first-order valence-electron chi connectivity index (χ1n) is 12.2. The highest BCUT2D eigenvalue weighted by Crippen LogP contribution is 2.38. The number of nitrogens with zero attached hydrogens (tertiary/aromatic N) is 4. The molecule has 4 atom stereocenters. The summed E-state index contributed by atoms with van der Waals surface area (Å²) in [6.07, 6.45) is 6.37. The Morgan fingerprint density at radius 2 is 2.00 bits per heavy atom. The van der Waals surface area contributed by atoms with E-state index in [4.69, 9.17) is 19.4 Å². The fourth-order valence-electron chi connectivity index (χ4n) is 5.31. The van der Waals surface area contributed by atoms with Crippen molar-refractivity contribution in [1.29, 1.82) is 0 Å². The maximum atomic E-state index is 12.8. The van der Waals surface area contributed by atoms with Crippen molar-refractivity contribution in [3.05, 3.63) is 17.8 Å². The van der Waals surface area contributed by atoms with Crippen LogP contribution in [0.25, 0.3) is 0 Å². The van der Waals surface area contributed by atoms with E-state index in [0.29, 0.717) is 30.9 Å². The lowest BCUT2D eigenvalue weighted by Gasteiger charge is -2.49. The molecule has 0 spiro atoms. The van der Waals surface area contributed by atoms with Gasteiger partial charge in [0.05, 0.1) is 19.0 Å². The molecule has 0 aliphatic carbocycles. The van der Waals surface area contributed by atoms with Gasteiger partial charge in [-0.15, -0.1) is 0 Å². The van der Waals surface area contributed by atoms with E-state index in [2.05, 4.69) is 21.1 Å². The van der Waals surface area contributed by atoms with Crippen molar-refractivity contribution in [2.24, 2.45) is 0 Å². The minimum atomic E-state index is -3.21. The van der Waals surface area contributed by atoms with Crippen LogP contribution in [-0.4, -0.2) is 79.1 Å². The van der Waals surface area contributed by atoms with Crippen LogP contribution in [0.5, 0.6) is 5.88 Å². The lowest BCUT2D eigenvalue weighted by atomic mass is 9.83. The zero-order valence-corrected chi connectivity index (χ0v) is 20.8. The molecule has 3 fully saturated rings. The Morgan fingerprint density at radius 3 is 2.59 bits per heavy atom. The number of hydrogen-bond acceptors (Lipinski definition) is 10. The van der Waals surface area contributed by atoms with Gasteiger partial charge in [0, 0.05) is 36.9 Å². The van der Waals surface area contributed by atoms with Crippen LogP contribution in [0, 0.1) is 0 Å². The molecule has 3 saturated heterocycles. The lowest BCUT2D eigenvalue weighted by molar-refractivity contribution is -0.0813. The molecule has 4 aliphatic heterocycles. The summed E-state index contributed by atoms with van der Waals surface area (Å²) in [5.41, 5.74) is 7.27. The molecule has 1 aromatic rings. The maximum Gasteiger partial charge on any atom is 0.230 e. The number of sulfonamides is 1. The second kappa shape index (κ2) is 9.48. The summed E-state index contributed by atoms with van der Waals surface area (Å²) >= 11 is 0. The van der Waals surface area contributed by atoms with Crippen molar-refractivity contribution in [3.63, 3.8) is 0 Å². The van der Waals surface area contributed by atoms with Gasteiger partial charge in [0.25, 0.3) is 0 Å². The molecular weight excluding hydrogens is 458 g/mol. The predicted molar refractivity (Wildman–Crippen MR) is 129 cm³/mol. The average Bonchev–Trinajstić information content (AvgIpc) is 3.19. The van der Waals surface area contributed by atoms with Crippen LogP contribution in [0.15, 0.2) is 17.8 Å². The van der Waals surface area contributed by atoms with Gasteiger partial charge in [-0.3, -0.25) is 0 Å². The minimum Gasteiger partial charge on any atom is -0.469 e. The van der Waals surface area contributed by atoms with Crippen molar-refractivity contribution in [3.8, 4) is 5.88 Å². The Balaban J connectivity index is 1.37. The van der Waals surface area contributed by atoms with Crippen LogP contribution in [0.1, 0.15) is 46.0 Å². The molecule has 0 radical (unpaired) electrons. The molecular formula is C22H35N7O4S. The fraction of sp³-hybridized carbons (Fsp3) is 0.727. The van der Waals surface area contributed by atoms with Crippen LogP contribution >= 0.6 is 0 Å². The molecule has 4 aliphatic rings. The molecule has 0 aromatic carbocycles. The fourth-order valence-corrected chi connectivity index (χ4v) is 6.90. The first-order valence-corrected chi connectivity index (χ1v) is 13.8. The molecule has 0 saturated carbocycles. The summed E-state index contributed by atoms with van der Waals surface area (Å²) in [6, 6.07) is 2.04. The Kier molecular flexibility index (Phi) is 6.58. The van der Waals surface area contributed by atoms with Gasteiger partial charge in [-0.25, -0.2) is 13.8 Å². The van der Waals surface area contributed by atoms with E-state index >= 15 is 0 Å². The van der Waals surface area contributed by atoms with Gasteiger partial charge in [-0.05, 0) is 45.6 Å². The zero-order valence-electron chi connectivity index (χ0n) is 20.0. The first kappa shape index (κ1) is 23.6. The summed E-state index contributed by atoms with van der Waals surface area (Å²) < 4.78 is 38.6. The minimum absolute atomic E-state index is 0.00355. The first-order chi connectivity index (χ1) is 16.3. The number of nitrogens with one attached hydrogen (secondary N) is 3. The second-order valence-corrected chi connectivity index (χ2v) is 11.8. The standard InChI is InChI=1S/C22H35N7O4S/c1-4-34(30,31)29-15-6-5-7-16(29)10-17(9-15)28(3)22-24-19(23-20-8-14(2)26-27-20)11-21(25-22)33-18-12-32-13-18/h8,11,15-18,20,26-27H,4-7,9-10,12-13H2,1-3H3,(H,23,24,25)/t15-,16+,17?,20?. The van der Waals surface area contributed by atoms with Crippen molar-refractivity contribution >= 4 is 21.8 Å². The largest absolute Gasteiger partial charge is 0.469 e. The Bertz CT molecular complexity index is 1020. The molecule has 5 heterocycles. The third kappa shape index (κ3) is 4.81. The average molecular weight is 494 g/mol. The SMILES string of the molecule is CCS(=O)(=O)N1[C@@H]2CCC[C@H]1CC(N(C)c1nc(NC3C=C(C)NN3)cc(OC3COC3)n1)C2. The molecule has 2 unspecified atom stereocenters. The number of hydrogen-bond donors (Lipinski definition) is 3. The summed E-state index contributed by atoms with van der Waals surface area (Å²) in [6.45, 7) is 4.83. The van der Waals surface area contributed by atoms with E-state index in [-0.39, 0.29) is 36.1 Å². The Hall–Kier alpha value is -2.15. The van der Waals surface area contributed by atoms with E-state index in [1.54, 1.807) is 11.2 Å². The van der Waals surface area contributed by atoms with Crippen molar-refractivity contribution in [2.75, 3.05) is 36.2 Å². The number of hydrazine groups is 1. The highest BCUT2D eigenvalue weighted by Gasteiger charge is 2.45. The third-order valence-corrected chi connectivity index (χ3v) is 9.13. The summed E-state index contributed by atoms with van der Waals surface area (Å²) in [5, 5.41) is 3.37. The number of piperidine rings is 2. The summed E-state index contributed by atoms with van der Waals surface area (Å²) in [4.78, 5) is 11.6. The van der Waals surface area contributed by atoms with Gasteiger partial charge in [0.1, 0.15) is 18.1 Å². The molecule has 12 heteroatoms. The van der Waals surface area contributed by atoms with Crippen LogP contribution in [0.2, 0.25) is 0 Å². The van der Waals surface area contributed by atoms with Gasteiger partial charge >= 0.3 is 0 Å². The third-order valence-electron chi connectivity index (χ3n) is 7.16. The lowest BCUT2D eigenvalue weighted by Crippen LogP contribution is -2.58. The Labute approximate surface area is 201 Å². The van der Waals surface area contributed by atoms with E-state index < -0.39 is 10.0 Å². The molecule has 11 nitrogen and oxygen atoms in total. The normalized spacial score (nSPS) is 29.7. The molecule has 188 valence electrons. The topological polar surface area (TPSA) is 121 Å². The molecule has 3 N–H and O–H groups in total. The van der Waals surface area contributed by atoms with Gasteiger partial charge < -0.3 is 25.1 Å². The second-order valence-electron chi connectivity index (χ2n) is 9.61. The predicted octanol–water partition coefficient (Wildman–Crippen LogP) is 1.18. The molecule has 1 aromatic heterocycles. The number of fused-ring (bicyclic) bond motifs is 2. The molecule has 34 heavy (non-hydrogen) atoms. The molecule has 2 bridgehead atoms. The summed E-state index contributed by atoms with van der Waals surface area (Å²) in [7, 11) is -1.21. The summed E-state index contributed by atoms with van der Waals surface area (Å²) in [5.74, 6) is 1.89. The molecule has 5 rings (SSSR count). The number of ether oxygens (including phenoxy) is 2. The van der Waals surface area contributed by atoms with Crippen LogP contribution < -0.4 is 25.8 Å². The van der Waals surface area contributed by atoms with Crippen molar-refractivity contribution < 1.29 is 17.9 Å². The number of anilines is 2. The van der Waals surface area contributed by atoms with Gasteiger partial charge in [0.15, 0.2) is 0 Å². The van der Waals surface area contributed by atoms with Gasteiger partial charge in [-0.2, -0.15) is 14.3 Å². The van der Waals surface area contributed by atoms with Gasteiger partial charge in [-0.1, -0.05) is 6.42 Å². The highest BCUT2D eigenvalue weighted by atomic mass is 32.2. The van der Waals surface area contributed by atoms with E-state index in [1.807, 2.05) is 26.1 Å². The number of rotatable bonds is 8. The Morgan fingerprint density at radius 1 is 1.26 bits per heavy atom.